The zero-order valence-corrected chi connectivity index (χ0v) is 23.6. The number of fused-ring (bicyclic) bond motifs is 5. The Morgan fingerprint density at radius 1 is 0.907 bits per heavy atom. The summed E-state index contributed by atoms with van der Waals surface area (Å²) in [4.78, 5) is 46.2. The number of para-hydroxylation sites is 1. The molecule has 2 aliphatic heterocycles. The summed E-state index contributed by atoms with van der Waals surface area (Å²) in [7, 11) is 1.55. The summed E-state index contributed by atoms with van der Waals surface area (Å²) in [6.07, 6.45) is 3.53. The molecule has 4 aromatic carbocycles. The summed E-state index contributed by atoms with van der Waals surface area (Å²) >= 11 is 0. The molecule has 4 aromatic rings. The van der Waals surface area contributed by atoms with Crippen LogP contribution in [0.3, 0.4) is 0 Å². The van der Waals surface area contributed by atoms with E-state index in [-0.39, 0.29) is 17.3 Å². The fourth-order valence-electron chi connectivity index (χ4n) is 7.24. The normalized spacial score (nSPS) is 21.0. The first kappa shape index (κ1) is 26.8. The molecule has 1 spiro atoms. The average Bonchev–Trinajstić information content (AvgIpc) is 3.47. The number of carbonyl (C=O) groups is 3. The maximum absolute atomic E-state index is 14.8. The Kier molecular flexibility index (Phi) is 6.27. The molecular weight excluding hydrogens is 545 g/mol. The molecule has 0 amide bonds. The first-order valence-electron chi connectivity index (χ1n) is 14.3. The van der Waals surface area contributed by atoms with Crippen molar-refractivity contribution in [2.45, 2.75) is 24.9 Å². The number of benzene rings is 4. The number of Topliss-reactive ketones (excluding diaryl/α,β-unsaturated/α-hetero) is 3. The van der Waals surface area contributed by atoms with Gasteiger partial charge in [-0.15, -0.1) is 0 Å². The van der Waals surface area contributed by atoms with Crippen molar-refractivity contribution in [1.29, 1.82) is 0 Å². The van der Waals surface area contributed by atoms with Crippen LogP contribution in [0.25, 0.3) is 6.08 Å². The molecule has 0 unspecified atom stereocenters. The Hall–Kier alpha value is -5.04. The molecule has 214 valence electrons. The van der Waals surface area contributed by atoms with Gasteiger partial charge in [-0.25, -0.2) is 4.39 Å². The predicted molar refractivity (Wildman–Crippen MR) is 161 cm³/mol. The average molecular weight is 574 g/mol. The summed E-state index contributed by atoms with van der Waals surface area (Å²) in [6, 6.07) is 23.5. The Morgan fingerprint density at radius 2 is 1.58 bits per heavy atom. The van der Waals surface area contributed by atoms with Crippen LogP contribution in [0.5, 0.6) is 11.5 Å². The summed E-state index contributed by atoms with van der Waals surface area (Å²) in [5, 5.41) is 0. The van der Waals surface area contributed by atoms with Gasteiger partial charge in [0, 0.05) is 39.4 Å². The Bertz CT molecular complexity index is 1790. The number of halogens is 1. The van der Waals surface area contributed by atoms with Gasteiger partial charge in [0.1, 0.15) is 28.8 Å². The van der Waals surface area contributed by atoms with Gasteiger partial charge < -0.3 is 14.4 Å². The van der Waals surface area contributed by atoms with E-state index >= 15 is 0 Å². The third-order valence-corrected chi connectivity index (χ3v) is 8.96. The Balaban J connectivity index is 1.55. The Morgan fingerprint density at radius 3 is 2.26 bits per heavy atom. The second-order valence-electron chi connectivity index (χ2n) is 11.0. The number of rotatable bonds is 6. The van der Waals surface area contributed by atoms with Crippen LogP contribution in [0.15, 0.2) is 97.1 Å². The molecule has 7 rings (SSSR count). The zero-order chi connectivity index (χ0) is 29.9. The minimum atomic E-state index is -1.67. The van der Waals surface area contributed by atoms with Gasteiger partial charge in [0.05, 0.1) is 19.8 Å². The van der Waals surface area contributed by atoms with Crippen LogP contribution in [-0.2, 0) is 0 Å². The van der Waals surface area contributed by atoms with Gasteiger partial charge >= 0.3 is 0 Å². The van der Waals surface area contributed by atoms with E-state index in [4.69, 9.17) is 9.47 Å². The number of carbonyl (C=O) groups excluding carboxylic acids is 3. The standard InChI is InChI=1S/C36H28FNO5/c1-3-43-29-11-7-6-10-27(29)31-32(33(39)21-12-16-24(42-2)17-13-21)38-28-18-15-23(37)20-22(28)14-19-30(38)36(31)34(40)25-8-4-5-9-26(25)35(36)41/h4-20,30-32H,3H2,1-2H3/t30-,31+,32+/m0/s1. The highest BCUT2D eigenvalue weighted by Crippen LogP contribution is 2.62. The lowest BCUT2D eigenvalue weighted by Gasteiger charge is -2.37. The van der Waals surface area contributed by atoms with E-state index in [9.17, 15) is 18.8 Å². The van der Waals surface area contributed by atoms with Crippen LogP contribution in [0.2, 0.25) is 0 Å². The van der Waals surface area contributed by atoms with Gasteiger partial charge in [-0.05, 0) is 55.5 Å². The fraction of sp³-hybridized carbons (Fsp3) is 0.194. The van der Waals surface area contributed by atoms with Gasteiger partial charge in [0.2, 0.25) is 0 Å². The van der Waals surface area contributed by atoms with Crippen LogP contribution in [0.1, 0.15) is 55.0 Å². The molecule has 2 heterocycles. The lowest BCUT2D eigenvalue weighted by molar-refractivity contribution is 0.0664. The maximum atomic E-state index is 14.8. The summed E-state index contributed by atoms with van der Waals surface area (Å²) in [5.41, 5.74) is 1.13. The van der Waals surface area contributed by atoms with E-state index < -0.39 is 29.2 Å². The van der Waals surface area contributed by atoms with Crippen molar-refractivity contribution in [3.63, 3.8) is 0 Å². The van der Waals surface area contributed by atoms with Crippen LogP contribution in [0.4, 0.5) is 10.1 Å². The summed E-state index contributed by atoms with van der Waals surface area (Å²) in [6.45, 7) is 2.21. The zero-order valence-electron chi connectivity index (χ0n) is 23.6. The molecule has 0 aromatic heterocycles. The van der Waals surface area contributed by atoms with Crippen molar-refractivity contribution < 1.29 is 28.2 Å². The van der Waals surface area contributed by atoms with Crippen LogP contribution in [0, 0.1) is 11.2 Å². The third-order valence-electron chi connectivity index (χ3n) is 8.96. The second-order valence-corrected chi connectivity index (χ2v) is 11.0. The van der Waals surface area contributed by atoms with E-state index in [0.29, 0.717) is 51.6 Å². The molecule has 1 saturated heterocycles. The van der Waals surface area contributed by atoms with Crippen LogP contribution >= 0.6 is 0 Å². The van der Waals surface area contributed by atoms with Crippen molar-refractivity contribution in [1.82, 2.24) is 0 Å². The lowest BCUT2D eigenvalue weighted by Crippen LogP contribution is -2.48. The molecule has 0 saturated carbocycles. The second kappa shape index (κ2) is 10.1. The van der Waals surface area contributed by atoms with E-state index in [2.05, 4.69) is 0 Å². The number of methoxy groups -OCH3 is 1. The molecular formula is C36H28FNO5. The quantitative estimate of drug-likeness (QED) is 0.192. The molecule has 6 nitrogen and oxygen atoms in total. The number of ether oxygens (including phenoxy) is 2. The number of ketones is 3. The first-order chi connectivity index (χ1) is 20.9. The highest BCUT2D eigenvalue weighted by molar-refractivity contribution is 6.32. The topological polar surface area (TPSA) is 72.9 Å². The van der Waals surface area contributed by atoms with Gasteiger partial charge in [0.25, 0.3) is 0 Å². The molecule has 0 bridgehead atoms. The van der Waals surface area contributed by atoms with Gasteiger partial charge in [-0.2, -0.15) is 0 Å². The summed E-state index contributed by atoms with van der Waals surface area (Å²) < 4.78 is 25.8. The molecule has 1 fully saturated rings. The first-order valence-corrected chi connectivity index (χ1v) is 14.3. The summed E-state index contributed by atoms with van der Waals surface area (Å²) in [5.74, 6) is -1.20. The Labute approximate surface area is 248 Å². The van der Waals surface area contributed by atoms with Crippen LogP contribution < -0.4 is 14.4 Å². The number of hydrogen-bond donors (Lipinski definition) is 0. The largest absolute Gasteiger partial charge is 0.497 e. The number of nitrogens with zero attached hydrogens (tertiary/aromatic N) is 1. The maximum Gasteiger partial charge on any atom is 0.185 e. The van der Waals surface area contributed by atoms with E-state index in [1.54, 1.807) is 79.9 Å². The number of hydrogen-bond acceptors (Lipinski definition) is 6. The predicted octanol–water partition coefficient (Wildman–Crippen LogP) is 6.55. The molecule has 43 heavy (non-hydrogen) atoms. The number of anilines is 1. The molecule has 1 aliphatic carbocycles. The third kappa shape index (κ3) is 3.74. The monoisotopic (exact) mass is 573 g/mol. The minimum Gasteiger partial charge on any atom is -0.497 e. The molecule has 3 atom stereocenters. The minimum absolute atomic E-state index is 0.275. The van der Waals surface area contributed by atoms with Gasteiger partial charge in [-0.1, -0.05) is 54.6 Å². The molecule has 0 N–H and O–H groups in total. The van der Waals surface area contributed by atoms with Crippen molar-refractivity contribution in [3.05, 3.63) is 131 Å². The smallest absolute Gasteiger partial charge is 0.185 e. The van der Waals surface area contributed by atoms with Gasteiger partial charge in [-0.3, -0.25) is 14.4 Å². The molecule has 3 aliphatic rings. The molecule has 0 radical (unpaired) electrons. The van der Waals surface area contributed by atoms with Crippen molar-refractivity contribution in [3.8, 4) is 11.5 Å². The van der Waals surface area contributed by atoms with Crippen molar-refractivity contribution in [2.75, 3.05) is 18.6 Å². The van der Waals surface area contributed by atoms with Crippen LogP contribution in [-0.4, -0.2) is 43.2 Å². The van der Waals surface area contributed by atoms with Gasteiger partial charge in [0.15, 0.2) is 17.3 Å². The highest BCUT2D eigenvalue weighted by Gasteiger charge is 2.72. The lowest BCUT2D eigenvalue weighted by atomic mass is 9.64. The van der Waals surface area contributed by atoms with E-state index in [1.807, 2.05) is 30.0 Å². The van der Waals surface area contributed by atoms with Crippen molar-refractivity contribution in [2.24, 2.45) is 5.41 Å². The fourth-order valence-corrected chi connectivity index (χ4v) is 7.24. The van der Waals surface area contributed by atoms with E-state index in [1.165, 1.54) is 12.1 Å². The highest BCUT2D eigenvalue weighted by atomic mass is 19.1. The SMILES string of the molecule is CCOc1ccccc1[C@@H]1[C@H](C(=O)c2ccc(OC)cc2)N2c3ccc(F)cc3C=C[C@H]2C12C(=O)c1ccccc1C2=O. The van der Waals surface area contributed by atoms with Crippen molar-refractivity contribution >= 4 is 29.1 Å². The van der Waals surface area contributed by atoms with E-state index in [0.717, 1.165) is 0 Å². The molecule has 7 heteroatoms.